The zero-order valence-electron chi connectivity index (χ0n) is 11.3. The van der Waals surface area contributed by atoms with E-state index in [1.54, 1.807) is 11.5 Å². The summed E-state index contributed by atoms with van der Waals surface area (Å²) in [5.74, 6) is 2.59. The van der Waals surface area contributed by atoms with Crippen LogP contribution in [0.25, 0.3) is 0 Å². The van der Waals surface area contributed by atoms with E-state index in [0.29, 0.717) is 5.92 Å². The first-order valence-corrected chi connectivity index (χ1v) is 8.48. The average molecular weight is 278 g/mol. The largest absolute Gasteiger partial charge is 0.344 e. The van der Waals surface area contributed by atoms with Crippen LogP contribution in [-0.2, 0) is 0 Å². The van der Waals surface area contributed by atoms with Crippen molar-refractivity contribution in [1.29, 1.82) is 0 Å². The molecular weight excluding hydrogens is 256 g/mol. The van der Waals surface area contributed by atoms with Gasteiger partial charge in [-0.25, -0.2) is 4.98 Å². The Balaban J connectivity index is 1.46. The molecule has 3 fully saturated rings. The van der Waals surface area contributed by atoms with Crippen LogP contribution in [0.1, 0.15) is 50.3 Å². The third kappa shape index (κ3) is 2.77. The Hall–Kier alpha value is -0.680. The molecule has 1 atom stereocenters. The highest BCUT2D eigenvalue weighted by molar-refractivity contribution is 7.09. The van der Waals surface area contributed by atoms with E-state index >= 15 is 0 Å². The molecule has 19 heavy (non-hydrogen) atoms. The van der Waals surface area contributed by atoms with Gasteiger partial charge >= 0.3 is 0 Å². The molecule has 1 aromatic heterocycles. The van der Waals surface area contributed by atoms with Gasteiger partial charge in [-0.2, -0.15) is 4.37 Å². The molecule has 104 valence electrons. The maximum atomic E-state index is 4.81. The Morgan fingerprint density at radius 2 is 2.11 bits per heavy atom. The van der Waals surface area contributed by atoms with Crippen molar-refractivity contribution >= 4 is 16.7 Å². The highest BCUT2D eigenvalue weighted by atomic mass is 32.1. The van der Waals surface area contributed by atoms with E-state index in [1.165, 1.54) is 63.3 Å². The van der Waals surface area contributed by atoms with E-state index in [-0.39, 0.29) is 0 Å². The summed E-state index contributed by atoms with van der Waals surface area (Å²) in [7, 11) is 0. The summed E-state index contributed by atoms with van der Waals surface area (Å²) in [4.78, 5) is 7.37. The van der Waals surface area contributed by atoms with Crippen molar-refractivity contribution in [3.63, 3.8) is 0 Å². The molecule has 1 unspecified atom stereocenters. The summed E-state index contributed by atoms with van der Waals surface area (Å²) in [6.07, 6.45) is 7.98. The number of rotatable bonds is 5. The van der Waals surface area contributed by atoms with Crippen molar-refractivity contribution in [3.8, 4) is 0 Å². The Morgan fingerprint density at radius 3 is 2.79 bits per heavy atom. The average Bonchev–Trinajstić information content (AvgIpc) is 3.36. The third-order valence-electron chi connectivity index (χ3n) is 4.46. The second-order valence-electron chi connectivity index (χ2n) is 6.31. The van der Waals surface area contributed by atoms with Gasteiger partial charge in [-0.1, -0.05) is 0 Å². The molecule has 0 radical (unpaired) electrons. The highest BCUT2D eigenvalue weighted by Crippen LogP contribution is 2.41. The fourth-order valence-corrected chi connectivity index (χ4v) is 3.81. The number of nitrogens with zero attached hydrogens (tertiary/aromatic N) is 3. The van der Waals surface area contributed by atoms with Crippen molar-refractivity contribution in [2.45, 2.75) is 50.5 Å². The SMILES string of the molecule is C1CNCC(CN(c2nc(C3CC3)ns2)C2CC2)C1. The molecule has 3 aliphatic rings. The summed E-state index contributed by atoms with van der Waals surface area (Å²) < 4.78 is 4.58. The number of hydrogen-bond donors (Lipinski definition) is 1. The molecule has 4 nitrogen and oxygen atoms in total. The number of anilines is 1. The van der Waals surface area contributed by atoms with Crippen molar-refractivity contribution in [3.05, 3.63) is 5.82 Å². The summed E-state index contributed by atoms with van der Waals surface area (Å²) in [5, 5.41) is 4.71. The second-order valence-corrected chi connectivity index (χ2v) is 7.04. The summed E-state index contributed by atoms with van der Waals surface area (Å²) in [5.41, 5.74) is 0. The minimum Gasteiger partial charge on any atom is -0.344 e. The van der Waals surface area contributed by atoms with Crippen LogP contribution in [0.4, 0.5) is 5.13 Å². The Labute approximate surface area is 118 Å². The summed E-state index contributed by atoms with van der Waals surface area (Å²) in [6, 6.07) is 0.752. The molecule has 1 aliphatic heterocycles. The topological polar surface area (TPSA) is 41.0 Å². The van der Waals surface area contributed by atoms with Crippen LogP contribution in [0, 0.1) is 5.92 Å². The molecule has 2 saturated carbocycles. The Bertz CT molecular complexity index is 432. The van der Waals surface area contributed by atoms with Crippen LogP contribution in [0.3, 0.4) is 0 Å². The number of nitrogens with one attached hydrogen (secondary N) is 1. The molecule has 0 amide bonds. The predicted octanol–water partition coefficient (Wildman–Crippen LogP) is 2.38. The van der Waals surface area contributed by atoms with E-state index in [4.69, 9.17) is 4.98 Å². The number of aromatic nitrogens is 2. The van der Waals surface area contributed by atoms with E-state index in [0.717, 1.165) is 17.8 Å². The molecule has 1 aromatic rings. The summed E-state index contributed by atoms with van der Waals surface area (Å²) in [6.45, 7) is 3.55. The van der Waals surface area contributed by atoms with Gasteiger partial charge in [0, 0.05) is 30.0 Å². The first kappa shape index (κ1) is 12.1. The van der Waals surface area contributed by atoms with Crippen molar-refractivity contribution in [2.24, 2.45) is 5.92 Å². The van der Waals surface area contributed by atoms with Crippen LogP contribution in [0.2, 0.25) is 0 Å². The highest BCUT2D eigenvalue weighted by Gasteiger charge is 2.35. The van der Waals surface area contributed by atoms with Gasteiger partial charge in [0.25, 0.3) is 0 Å². The predicted molar refractivity (Wildman–Crippen MR) is 77.8 cm³/mol. The van der Waals surface area contributed by atoms with Gasteiger partial charge in [-0.15, -0.1) is 0 Å². The fourth-order valence-electron chi connectivity index (χ4n) is 2.98. The molecule has 2 aliphatic carbocycles. The molecule has 0 spiro atoms. The van der Waals surface area contributed by atoms with E-state index in [9.17, 15) is 0 Å². The molecule has 5 heteroatoms. The van der Waals surface area contributed by atoms with Gasteiger partial charge in [0.05, 0.1) is 0 Å². The number of hydrogen-bond acceptors (Lipinski definition) is 5. The number of piperidine rings is 1. The third-order valence-corrected chi connectivity index (χ3v) is 5.23. The van der Waals surface area contributed by atoms with Crippen molar-refractivity contribution in [2.75, 3.05) is 24.5 Å². The van der Waals surface area contributed by atoms with Crippen LogP contribution >= 0.6 is 11.5 Å². The van der Waals surface area contributed by atoms with Crippen LogP contribution in [0.15, 0.2) is 0 Å². The molecule has 1 N–H and O–H groups in total. The monoisotopic (exact) mass is 278 g/mol. The first-order valence-electron chi connectivity index (χ1n) is 7.71. The molecule has 1 saturated heterocycles. The van der Waals surface area contributed by atoms with Crippen molar-refractivity contribution in [1.82, 2.24) is 14.7 Å². The Kier molecular flexibility index (Phi) is 3.19. The second kappa shape index (κ2) is 5.02. The molecule has 4 rings (SSSR count). The van der Waals surface area contributed by atoms with E-state index in [1.807, 2.05) is 0 Å². The van der Waals surface area contributed by atoms with Gasteiger partial charge in [-0.3, -0.25) is 0 Å². The molecule has 0 bridgehead atoms. The Morgan fingerprint density at radius 1 is 1.21 bits per heavy atom. The lowest BCUT2D eigenvalue weighted by atomic mass is 9.99. The standard InChI is InChI=1S/C14H22N4S/c1-2-10(8-15-7-1)9-18(12-5-6-12)14-16-13(17-19-14)11-3-4-11/h10-12,15H,1-9H2. The van der Waals surface area contributed by atoms with Crippen molar-refractivity contribution < 1.29 is 0 Å². The fraction of sp³-hybridized carbons (Fsp3) is 0.857. The normalized spacial score (nSPS) is 27.5. The van der Waals surface area contributed by atoms with Gasteiger partial charge in [0.2, 0.25) is 5.13 Å². The van der Waals surface area contributed by atoms with E-state index in [2.05, 4.69) is 14.6 Å². The smallest absolute Gasteiger partial charge is 0.205 e. The van der Waals surface area contributed by atoms with E-state index < -0.39 is 0 Å². The maximum Gasteiger partial charge on any atom is 0.205 e. The van der Waals surface area contributed by atoms with Gasteiger partial charge in [0.1, 0.15) is 5.82 Å². The van der Waals surface area contributed by atoms with Crippen LogP contribution in [0.5, 0.6) is 0 Å². The van der Waals surface area contributed by atoms with Gasteiger partial charge in [-0.05, 0) is 57.5 Å². The zero-order chi connectivity index (χ0) is 12.7. The minimum atomic E-state index is 0.683. The van der Waals surface area contributed by atoms with Crippen LogP contribution < -0.4 is 10.2 Å². The zero-order valence-corrected chi connectivity index (χ0v) is 12.2. The quantitative estimate of drug-likeness (QED) is 0.898. The maximum absolute atomic E-state index is 4.81. The lowest BCUT2D eigenvalue weighted by Gasteiger charge is -2.29. The van der Waals surface area contributed by atoms with Gasteiger partial charge in [0.15, 0.2) is 0 Å². The molecule has 0 aromatic carbocycles. The lowest BCUT2D eigenvalue weighted by molar-refractivity contribution is 0.376. The molecule has 2 heterocycles. The van der Waals surface area contributed by atoms with Crippen LogP contribution in [-0.4, -0.2) is 35.0 Å². The first-order chi connectivity index (χ1) is 9.40. The lowest BCUT2D eigenvalue weighted by Crippen LogP contribution is -2.39. The summed E-state index contributed by atoms with van der Waals surface area (Å²) >= 11 is 1.63. The molecular formula is C14H22N4S. The minimum absolute atomic E-state index is 0.683. The van der Waals surface area contributed by atoms with Gasteiger partial charge < -0.3 is 10.2 Å².